The minimum absolute atomic E-state index is 0.108. The number of hydrogen-bond acceptors (Lipinski definition) is 4. The largest absolute Gasteiger partial charge is 0.444 e. The van der Waals surface area contributed by atoms with Crippen LogP contribution in [0, 0.1) is 5.92 Å². The molecule has 0 aromatic heterocycles. The van der Waals surface area contributed by atoms with Crippen LogP contribution in [0.5, 0.6) is 0 Å². The predicted molar refractivity (Wildman–Crippen MR) is 108 cm³/mol. The van der Waals surface area contributed by atoms with Gasteiger partial charge in [-0.25, -0.2) is 4.79 Å². The zero-order chi connectivity index (χ0) is 19.4. The SMILES string of the molecule is CN=C(NCCN(CC1CC1)C1CC1)N1CCC(NC(=O)OC(C)(C)C)C1. The highest BCUT2D eigenvalue weighted by molar-refractivity contribution is 5.80. The van der Waals surface area contributed by atoms with Crippen LogP contribution in [0.4, 0.5) is 4.79 Å². The number of hydrogen-bond donors (Lipinski definition) is 2. The molecule has 1 aliphatic heterocycles. The number of guanidine groups is 1. The van der Waals surface area contributed by atoms with Gasteiger partial charge in [0.1, 0.15) is 5.60 Å². The van der Waals surface area contributed by atoms with E-state index in [4.69, 9.17) is 4.74 Å². The van der Waals surface area contributed by atoms with E-state index in [0.29, 0.717) is 0 Å². The molecule has 3 aliphatic rings. The van der Waals surface area contributed by atoms with Crippen molar-refractivity contribution in [2.45, 2.75) is 70.6 Å². The van der Waals surface area contributed by atoms with Crippen LogP contribution in [0.1, 0.15) is 52.9 Å². The van der Waals surface area contributed by atoms with Gasteiger partial charge < -0.3 is 20.3 Å². The van der Waals surface area contributed by atoms with Gasteiger partial charge in [-0.1, -0.05) is 0 Å². The first-order valence-corrected chi connectivity index (χ1v) is 10.5. The molecule has 1 amide bonds. The summed E-state index contributed by atoms with van der Waals surface area (Å²) in [7, 11) is 1.83. The number of likely N-dealkylation sites (tertiary alicyclic amines) is 1. The van der Waals surface area contributed by atoms with Crippen LogP contribution in [0.2, 0.25) is 0 Å². The third kappa shape index (κ3) is 6.87. The van der Waals surface area contributed by atoms with Crippen molar-refractivity contribution in [3.8, 4) is 0 Å². The van der Waals surface area contributed by atoms with Crippen LogP contribution in [0.15, 0.2) is 4.99 Å². The summed E-state index contributed by atoms with van der Waals surface area (Å²) in [5, 5.41) is 6.50. The summed E-state index contributed by atoms with van der Waals surface area (Å²) in [6.07, 6.45) is 6.14. The monoisotopic (exact) mass is 379 g/mol. The molecule has 0 spiro atoms. The molecule has 1 heterocycles. The molecule has 154 valence electrons. The third-order valence-corrected chi connectivity index (χ3v) is 5.36. The second-order valence-corrected chi connectivity index (χ2v) is 9.22. The summed E-state index contributed by atoms with van der Waals surface area (Å²) in [6.45, 7) is 10.6. The molecule has 2 saturated carbocycles. The molecule has 3 fully saturated rings. The highest BCUT2D eigenvalue weighted by atomic mass is 16.6. The number of alkyl carbamates (subject to hydrolysis) is 1. The highest BCUT2D eigenvalue weighted by Crippen LogP contribution is 2.34. The Balaban J connectivity index is 1.38. The maximum absolute atomic E-state index is 12.0. The molecule has 0 aromatic rings. The number of nitrogens with one attached hydrogen (secondary N) is 2. The number of nitrogens with zero attached hydrogens (tertiary/aromatic N) is 3. The maximum Gasteiger partial charge on any atom is 0.407 e. The van der Waals surface area contributed by atoms with Gasteiger partial charge in [0.25, 0.3) is 0 Å². The van der Waals surface area contributed by atoms with Crippen LogP contribution >= 0.6 is 0 Å². The standard InChI is InChI=1S/C20H37N5O2/c1-20(2,3)27-19(26)23-16-9-11-25(14-16)18(21-4)22-10-12-24(17-7-8-17)13-15-5-6-15/h15-17H,5-14H2,1-4H3,(H,21,22)(H,23,26). The van der Waals surface area contributed by atoms with Gasteiger partial charge in [0, 0.05) is 45.8 Å². The minimum Gasteiger partial charge on any atom is -0.444 e. The summed E-state index contributed by atoms with van der Waals surface area (Å²) >= 11 is 0. The summed E-state index contributed by atoms with van der Waals surface area (Å²) in [5.74, 6) is 1.88. The topological polar surface area (TPSA) is 69.2 Å². The van der Waals surface area contributed by atoms with E-state index < -0.39 is 5.60 Å². The molecule has 1 atom stereocenters. The van der Waals surface area contributed by atoms with Crippen molar-refractivity contribution in [1.29, 1.82) is 0 Å². The molecular weight excluding hydrogens is 342 g/mol. The van der Waals surface area contributed by atoms with E-state index in [1.165, 1.54) is 32.2 Å². The molecule has 2 N–H and O–H groups in total. The molecular formula is C20H37N5O2. The number of amides is 1. The van der Waals surface area contributed by atoms with Crippen molar-refractivity contribution in [2.75, 3.05) is 39.8 Å². The second kappa shape index (κ2) is 8.67. The fraction of sp³-hybridized carbons (Fsp3) is 0.900. The van der Waals surface area contributed by atoms with Crippen molar-refractivity contribution < 1.29 is 9.53 Å². The first kappa shape index (κ1) is 20.2. The van der Waals surface area contributed by atoms with E-state index in [1.54, 1.807) is 0 Å². The molecule has 1 saturated heterocycles. The number of carbonyl (C=O) groups is 1. The summed E-state index contributed by atoms with van der Waals surface area (Å²) in [5.41, 5.74) is -0.464. The van der Waals surface area contributed by atoms with Crippen molar-refractivity contribution >= 4 is 12.1 Å². The minimum atomic E-state index is -0.464. The van der Waals surface area contributed by atoms with Crippen molar-refractivity contribution in [3.63, 3.8) is 0 Å². The van der Waals surface area contributed by atoms with Crippen LogP contribution in [0.3, 0.4) is 0 Å². The third-order valence-electron chi connectivity index (χ3n) is 5.36. The van der Waals surface area contributed by atoms with Gasteiger partial charge in [-0.05, 0) is 58.8 Å². The summed E-state index contributed by atoms with van der Waals surface area (Å²) in [4.78, 5) is 21.3. The number of ether oxygens (including phenoxy) is 1. The van der Waals surface area contributed by atoms with E-state index >= 15 is 0 Å². The van der Waals surface area contributed by atoms with Gasteiger partial charge in [0.2, 0.25) is 0 Å². The van der Waals surface area contributed by atoms with E-state index in [-0.39, 0.29) is 12.1 Å². The Morgan fingerprint density at radius 1 is 1.22 bits per heavy atom. The molecule has 3 rings (SSSR count). The molecule has 27 heavy (non-hydrogen) atoms. The van der Waals surface area contributed by atoms with Gasteiger partial charge in [-0.2, -0.15) is 0 Å². The Morgan fingerprint density at radius 3 is 2.56 bits per heavy atom. The quantitative estimate of drug-likeness (QED) is 0.523. The van der Waals surface area contributed by atoms with Crippen LogP contribution in [-0.2, 0) is 4.74 Å². The Labute approximate surface area is 163 Å². The Kier molecular flexibility index (Phi) is 6.50. The average Bonchev–Trinajstić information content (AvgIpc) is 3.48. The van der Waals surface area contributed by atoms with Gasteiger partial charge in [-0.3, -0.25) is 9.89 Å². The first-order chi connectivity index (χ1) is 12.8. The zero-order valence-electron chi connectivity index (χ0n) is 17.5. The maximum atomic E-state index is 12.0. The second-order valence-electron chi connectivity index (χ2n) is 9.22. The molecule has 0 bridgehead atoms. The van der Waals surface area contributed by atoms with E-state index in [0.717, 1.165) is 50.5 Å². The average molecular weight is 380 g/mol. The summed E-state index contributed by atoms with van der Waals surface area (Å²) < 4.78 is 5.36. The lowest BCUT2D eigenvalue weighted by atomic mass is 10.2. The molecule has 7 heteroatoms. The lowest BCUT2D eigenvalue weighted by Gasteiger charge is -2.25. The number of carbonyl (C=O) groups excluding carboxylic acids is 1. The highest BCUT2D eigenvalue weighted by Gasteiger charge is 2.33. The van der Waals surface area contributed by atoms with Gasteiger partial charge in [0.15, 0.2) is 5.96 Å². The Bertz CT molecular complexity index is 537. The fourth-order valence-corrected chi connectivity index (χ4v) is 3.68. The first-order valence-electron chi connectivity index (χ1n) is 10.5. The lowest BCUT2D eigenvalue weighted by Crippen LogP contribution is -2.46. The molecule has 2 aliphatic carbocycles. The van der Waals surface area contributed by atoms with E-state index in [1.807, 2.05) is 27.8 Å². The molecule has 0 radical (unpaired) electrons. The molecule has 1 unspecified atom stereocenters. The van der Waals surface area contributed by atoms with E-state index in [9.17, 15) is 4.79 Å². The van der Waals surface area contributed by atoms with Crippen molar-refractivity contribution in [3.05, 3.63) is 0 Å². The van der Waals surface area contributed by atoms with Gasteiger partial charge >= 0.3 is 6.09 Å². The van der Waals surface area contributed by atoms with E-state index in [2.05, 4.69) is 25.4 Å². The zero-order valence-corrected chi connectivity index (χ0v) is 17.5. The van der Waals surface area contributed by atoms with Gasteiger partial charge in [-0.15, -0.1) is 0 Å². The van der Waals surface area contributed by atoms with Crippen LogP contribution < -0.4 is 10.6 Å². The van der Waals surface area contributed by atoms with Crippen molar-refractivity contribution in [1.82, 2.24) is 20.4 Å². The van der Waals surface area contributed by atoms with Crippen LogP contribution in [-0.4, -0.2) is 79.3 Å². The summed E-state index contributed by atoms with van der Waals surface area (Å²) in [6, 6.07) is 0.930. The van der Waals surface area contributed by atoms with Gasteiger partial charge in [0.05, 0.1) is 6.04 Å². The normalized spacial score (nSPS) is 23.7. The van der Waals surface area contributed by atoms with Crippen molar-refractivity contribution in [2.24, 2.45) is 10.9 Å². The molecule has 7 nitrogen and oxygen atoms in total. The lowest BCUT2D eigenvalue weighted by molar-refractivity contribution is 0.0507. The molecule has 0 aromatic carbocycles. The van der Waals surface area contributed by atoms with Crippen LogP contribution in [0.25, 0.3) is 0 Å². The number of rotatable bonds is 7. The smallest absolute Gasteiger partial charge is 0.407 e. The fourth-order valence-electron chi connectivity index (χ4n) is 3.68. The predicted octanol–water partition coefficient (Wildman–Crippen LogP) is 2.04. The number of aliphatic imine (C=N–C) groups is 1. The Hall–Kier alpha value is -1.50. The Morgan fingerprint density at radius 2 is 1.96 bits per heavy atom.